The van der Waals surface area contributed by atoms with E-state index in [1.165, 1.54) is 0 Å². The van der Waals surface area contributed by atoms with Crippen LogP contribution in [0.5, 0.6) is 0 Å². The summed E-state index contributed by atoms with van der Waals surface area (Å²) in [6.45, 7) is 0. The Morgan fingerprint density at radius 3 is 2.48 bits per heavy atom. The lowest BCUT2D eigenvalue weighted by atomic mass is 10.1. The fourth-order valence-corrected chi connectivity index (χ4v) is 2.68. The van der Waals surface area contributed by atoms with Crippen molar-refractivity contribution in [2.24, 2.45) is 7.05 Å². The number of imidazole rings is 2. The van der Waals surface area contributed by atoms with Gasteiger partial charge in [-0.15, -0.1) is 0 Å². The number of hydrogen-bond donors (Lipinski definition) is 1. The first kappa shape index (κ1) is 11.9. The molecule has 0 unspecified atom stereocenters. The van der Waals surface area contributed by atoms with E-state index in [4.69, 9.17) is 4.98 Å². The Balaban J connectivity index is 2.00. The minimum Gasteiger partial charge on any atom is -0.345 e. The Kier molecular flexibility index (Phi) is 2.60. The number of H-pyrrole nitrogens is 1. The van der Waals surface area contributed by atoms with Crippen LogP contribution in [-0.4, -0.2) is 19.5 Å². The third-order valence-corrected chi connectivity index (χ3v) is 3.71. The van der Waals surface area contributed by atoms with Gasteiger partial charge in [-0.3, -0.25) is 0 Å². The summed E-state index contributed by atoms with van der Waals surface area (Å²) in [4.78, 5) is 12.3. The van der Waals surface area contributed by atoms with Crippen LogP contribution >= 0.6 is 0 Å². The Bertz CT molecular complexity index is 904. The van der Waals surface area contributed by atoms with Gasteiger partial charge in [0.05, 0.1) is 11.0 Å². The number of para-hydroxylation sites is 2. The quantitative estimate of drug-likeness (QED) is 0.606. The first-order valence-electron chi connectivity index (χ1n) is 6.85. The summed E-state index contributed by atoms with van der Waals surface area (Å²) in [5, 5.41) is 0. The average Bonchev–Trinajstić information content (AvgIpc) is 3.16. The number of hydrogen-bond acceptors (Lipinski definition) is 2. The Labute approximate surface area is 122 Å². The van der Waals surface area contributed by atoms with E-state index in [0.29, 0.717) is 0 Å². The van der Waals surface area contributed by atoms with Gasteiger partial charge in [-0.05, 0) is 12.1 Å². The molecule has 0 aliphatic rings. The zero-order valence-corrected chi connectivity index (χ0v) is 11.6. The summed E-state index contributed by atoms with van der Waals surface area (Å²) in [6, 6.07) is 16.4. The molecule has 0 bridgehead atoms. The van der Waals surface area contributed by atoms with Gasteiger partial charge in [0.25, 0.3) is 0 Å². The molecule has 1 N–H and O–H groups in total. The third kappa shape index (κ3) is 1.84. The smallest absolute Gasteiger partial charge is 0.141 e. The lowest BCUT2D eigenvalue weighted by Crippen LogP contribution is -1.95. The van der Waals surface area contributed by atoms with E-state index in [1.807, 2.05) is 43.6 Å². The molecule has 0 fully saturated rings. The minimum absolute atomic E-state index is 0.859. The number of benzene rings is 2. The highest BCUT2D eigenvalue weighted by molar-refractivity contribution is 5.85. The van der Waals surface area contributed by atoms with E-state index in [0.717, 1.165) is 33.8 Å². The molecular formula is C17H14N4. The molecule has 0 atom stereocenters. The van der Waals surface area contributed by atoms with Gasteiger partial charge in [0.2, 0.25) is 0 Å². The van der Waals surface area contributed by atoms with Crippen LogP contribution in [0.4, 0.5) is 0 Å². The van der Waals surface area contributed by atoms with Gasteiger partial charge in [-0.2, -0.15) is 0 Å². The minimum atomic E-state index is 0.859. The second-order valence-electron chi connectivity index (χ2n) is 4.97. The van der Waals surface area contributed by atoms with E-state index in [2.05, 4.69) is 32.7 Å². The Morgan fingerprint density at radius 2 is 1.71 bits per heavy atom. The number of rotatable bonds is 2. The standard InChI is InChI=1S/C17H14N4/c1-21-15-9-5-4-8-14(15)20-17(21)13-7-3-2-6-12(13)16-18-10-11-19-16/h2-11H,1H3,(H,18,19). The van der Waals surface area contributed by atoms with E-state index in [1.54, 1.807) is 6.20 Å². The first-order valence-corrected chi connectivity index (χ1v) is 6.85. The Hall–Kier alpha value is -2.88. The molecule has 2 aromatic carbocycles. The molecule has 102 valence electrons. The van der Waals surface area contributed by atoms with Crippen molar-refractivity contribution in [1.82, 2.24) is 19.5 Å². The lowest BCUT2D eigenvalue weighted by Gasteiger charge is -2.07. The maximum absolute atomic E-state index is 4.77. The highest BCUT2D eigenvalue weighted by atomic mass is 15.1. The molecule has 0 saturated carbocycles. The van der Waals surface area contributed by atoms with Crippen molar-refractivity contribution in [2.45, 2.75) is 0 Å². The van der Waals surface area contributed by atoms with Crippen molar-refractivity contribution in [3.05, 3.63) is 60.9 Å². The fraction of sp³-hybridized carbons (Fsp3) is 0.0588. The molecule has 0 spiro atoms. The molecule has 0 radical (unpaired) electrons. The molecule has 0 saturated heterocycles. The third-order valence-electron chi connectivity index (χ3n) is 3.71. The maximum Gasteiger partial charge on any atom is 0.141 e. The maximum atomic E-state index is 4.77. The van der Waals surface area contributed by atoms with Gasteiger partial charge in [-0.25, -0.2) is 9.97 Å². The van der Waals surface area contributed by atoms with Crippen LogP contribution in [0.25, 0.3) is 33.8 Å². The fourth-order valence-electron chi connectivity index (χ4n) is 2.68. The van der Waals surface area contributed by atoms with Crippen LogP contribution in [0.15, 0.2) is 60.9 Å². The van der Waals surface area contributed by atoms with Gasteiger partial charge in [0.1, 0.15) is 11.6 Å². The molecule has 4 nitrogen and oxygen atoms in total. The Morgan fingerprint density at radius 1 is 0.952 bits per heavy atom. The van der Waals surface area contributed by atoms with Crippen LogP contribution in [0, 0.1) is 0 Å². The molecule has 0 amide bonds. The molecule has 0 aliphatic heterocycles. The van der Waals surface area contributed by atoms with Crippen molar-refractivity contribution in [3.63, 3.8) is 0 Å². The molecule has 4 rings (SSSR count). The number of aromatic nitrogens is 4. The van der Waals surface area contributed by atoms with Crippen molar-refractivity contribution in [2.75, 3.05) is 0 Å². The number of fused-ring (bicyclic) bond motifs is 1. The molecule has 21 heavy (non-hydrogen) atoms. The largest absolute Gasteiger partial charge is 0.345 e. The van der Waals surface area contributed by atoms with Gasteiger partial charge in [0.15, 0.2) is 0 Å². The summed E-state index contributed by atoms with van der Waals surface area (Å²) in [6.07, 6.45) is 3.60. The monoisotopic (exact) mass is 274 g/mol. The molecular weight excluding hydrogens is 260 g/mol. The summed E-state index contributed by atoms with van der Waals surface area (Å²) < 4.78 is 2.12. The number of nitrogens with zero attached hydrogens (tertiary/aromatic N) is 3. The second kappa shape index (κ2) is 4.59. The van der Waals surface area contributed by atoms with Crippen LogP contribution in [-0.2, 0) is 7.05 Å². The number of aryl methyl sites for hydroxylation is 1. The zero-order chi connectivity index (χ0) is 14.2. The highest BCUT2D eigenvalue weighted by Crippen LogP contribution is 2.31. The van der Waals surface area contributed by atoms with E-state index in [-0.39, 0.29) is 0 Å². The predicted molar refractivity (Wildman–Crippen MR) is 83.7 cm³/mol. The van der Waals surface area contributed by atoms with Crippen molar-refractivity contribution < 1.29 is 0 Å². The molecule has 4 heteroatoms. The van der Waals surface area contributed by atoms with Crippen LogP contribution in [0.2, 0.25) is 0 Å². The van der Waals surface area contributed by atoms with Gasteiger partial charge < -0.3 is 9.55 Å². The van der Waals surface area contributed by atoms with Crippen LogP contribution < -0.4 is 0 Å². The summed E-state index contributed by atoms with van der Waals surface area (Å²) in [5.74, 6) is 1.81. The summed E-state index contributed by atoms with van der Waals surface area (Å²) >= 11 is 0. The van der Waals surface area contributed by atoms with Gasteiger partial charge >= 0.3 is 0 Å². The highest BCUT2D eigenvalue weighted by Gasteiger charge is 2.14. The average molecular weight is 274 g/mol. The van der Waals surface area contributed by atoms with Crippen LogP contribution in [0.1, 0.15) is 0 Å². The molecule has 2 heterocycles. The normalized spacial score (nSPS) is 11.1. The molecule has 2 aromatic heterocycles. The summed E-state index contributed by atoms with van der Waals surface area (Å²) in [5.41, 5.74) is 4.26. The topological polar surface area (TPSA) is 46.5 Å². The van der Waals surface area contributed by atoms with Crippen LogP contribution in [0.3, 0.4) is 0 Å². The van der Waals surface area contributed by atoms with Crippen molar-refractivity contribution in [3.8, 4) is 22.8 Å². The number of aromatic amines is 1. The van der Waals surface area contributed by atoms with E-state index < -0.39 is 0 Å². The zero-order valence-electron chi connectivity index (χ0n) is 11.6. The van der Waals surface area contributed by atoms with E-state index in [9.17, 15) is 0 Å². The van der Waals surface area contributed by atoms with E-state index >= 15 is 0 Å². The van der Waals surface area contributed by atoms with Crippen molar-refractivity contribution >= 4 is 11.0 Å². The molecule has 4 aromatic rings. The van der Waals surface area contributed by atoms with Gasteiger partial charge in [0, 0.05) is 30.6 Å². The lowest BCUT2D eigenvalue weighted by molar-refractivity contribution is 0.959. The summed E-state index contributed by atoms with van der Waals surface area (Å²) in [7, 11) is 2.05. The predicted octanol–water partition coefficient (Wildman–Crippen LogP) is 3.63. The first-order chi connectivity index (χ1) is 10.3. The van der Waals surface area contributed by atoms with Crippen molar-refractivity contribution in [1.29, 1.82) is 0 Å². The van der Waals surface area contributed by atoms with Gasteiger partial charge in [-0.1, -0.05) is 36.4 Å². The molecule has 0 aliphatic carbocycles. The SMILES string of the molecule is Cn1c(-c2ccccc2-c2ncc[nH]2)nc2ccccc21. The number of nitrogens with one attached hydrogen (secondary N) is 1. The second-order valence-corrected chi connectivity index (χ2v) is 4.97.